The van der Waals surface area contributed by atoms with E-state index in [1.165, 1.54) is 0 Å². The summed E-state index contributed by atoms with van der Waals surface area (Å²) in [6.07, 6.45) is 0.236. The van der Waals surface area contributed by atoms with Gasteiger partial charge in [0.2, 0.25) is 0 Å². The number of hydrogen-bond acceptors (Lipinski definition) is 4. The minimum Gasteiger partial charge on any atom is -0.490 e. The van der Waals surface area contributed by atoms with E-state index in [9.17, 15) is 5.11 Å². The highest BCUT2D eigenvalue weighted by atomic mass is 79.9. The number of ether oxygens (including phenoxy) is 2. The zero-order chi connectivity index (χ0) is 12.3. The summed E-state index contributed by atoms with van der Waals surface area (Å²) in [5, 5.41) is 13.1. The molecule has 0 fully saturated rings. The Morgan fingerprint density at radius 1 is 1.41 bits per heavy atom. The summed E-state index contributed by atoms with van der Waals surface area (Å²) in [5.41, 5.74) is 0.749. The number of aliphatic hydroxyl groups is 1. The van der Waals surface area contributed by atoms with Crippen molar-refractivity contribution >= 4 is 15.9 Å². The Balaban J connectivity index is 2.41. The third kappa shape index (κ3) is 2.73. The maximum Gasteiger partial charge on any atom is 0.168 e. The highest BCUT2D eigenvalue weighted by Gasteiger charge is 2.22. The summed E-state index contributed by atoms with van der Waals surface area (Å²) in [5.74, 6) is 1.36. The van der Waals surface area contributed by atoms with Gasteiger partial charge in [-0.15, -0.1) is 0 Å². The molecule has 4 nitrogen and oxygen atoms in total. The molecule has 0 saturated heterocycles. The van der Waals surface area contributed by atoms with Crippen LogP contribution in [0.15, 0.2) is 16.6 Å². The number of hydrogen-bond donors (Lipinski definition) is 2. The fraction of sp³-hybridized carbons (Fsp3) is 0.500. The molecule has 0 spiro atoms. The van der Waals surface area contributed by atoms with Crippen LogP contribution in [0.25, 0.3) is 0 Å². The lowest BCUT2D eigenvalue weighted by Gasteiger charge is -2.18. The molecular formula is C12H16BrNO3. The lowest BCUT2D eigenvalue weighted by Crippen LogP contribution is -2.18. The third-order valence-corrected chi connectivity index (χ3v) is 3.32. The lowest BCUT2D eigenvalue weighted by atomic mass is 10.1. The molecule has 17 heavy (non-hydrogen) atoms. The van der Waals surface area contributed by atoms with Gasteiger partial charge in [0.25, 0.3) is 0 Å². The number of aliphatic hydroxyl groups excluding tert-OH is 1. The van der Waals surface area contributed by atoms with Crippen molar-refractivity contribution in [3.05, 3.63) is 22.2 Å². The second-order valence-electron chi connectivity index (χ2n) is 3.91. The van der Waals surface area contributed by atoms with Gasteiger partial charge < -0.3 is 19.9 Å². The van der Waals surface area contributed by atoms with Crippen molar-refractivity contribution in [2.75, 3.05) is 26.8 Å². The number of nitrogens with one attached hydrogen (secondary N) is 1. The molecule has 0 saturated carbocycles. The molecule has 1 heterocycles. The summed E-state index contributed by atoms with van der Waals surface area (Å²) in [4.78, 5) is 0. The Hall–Kier alpha value is -0.780. The molecule has 1 atom stereocenters. The summed E-state index contributed by atoms with van der Waals surface area (Å²) >= 11 is 3.45. The molecule has 1 aliphatic rings. The summed E-state index contributed by atoms with van der Waals surface area (Å²) in [6, 6.07) is 3.74. The number of likely N-dealkylation sites (N-methyl/N-ethyl adjacent to an activating group) is 1. The third-order valence-electron chi connectivity index (χ3n) is 2.63. The van der Waals surface area contributed by atoms with Gasteiger partial charge in [0.1, 0.15) is 0 Å². The van der Waals surface area contributed by atoms with Crippen LogP contribution >= 0.6 is 15.9 Å². The second-order valence-corrected chi connectivity index (χ2v) is 4.77. The molecule has 0 bridgehead atoms. The van der Waals surface area contributed by atoms with E-state index in [0.29, 0.717) is 31.3 Å². The number of halogens is 1. The van der Waals surface area contributed by atoms with Crippen LogP contribution in [0.4, 0.5) is 0 Å². The average Bonchev–Trinajstić information content (AvgIpc) is 2.54. The zero-order valence-corrected chi connectivity index (χ0v) is 11.3. The van der Waals surface area contributed by atoms with Crippen molar-refractivity contribution in [3.63, 3.8) is 0 Å². The minimum atomic E-state index is -0.619. The van der Waals surface area contributed by atoms with E-state index in [0.717, 1.165) is 16.5 Å². The van der Waals surface area contributed by atoms with Crippen LogP contribution in [0.3, 0.4) is 0 Å². The van der Waals surface area contributed by atoms with E-state index < -0.39 is 6.10 Å². The quantitative estimate of drug-likeness (QED) is 0.895. The molecule has 1 unspecified atom stereocenters. The number of rotatable bonds is 3. The maximum atomic E-state index is 10.1. The fourth-order valence-electron chi connectivity index (χ4n) is 1.84. The molecule has 0 amide bonds. The van der Waals surface area contributed by atoms with Gasteiger partial charge >= 0.3 is 0 Å². The molecule has 0 aliphatic carbocycles. The van der Waals surface area contributed by atoms with Crippen LogP contribution in [0.5, 0.6) is 11.5 Å². The number of benzene rings is 1. The molecule has 94 valence electrons. The van der Waals surface area contributed by atoms with Gasteiger partial charge in [0.05, 0.1) is 19.3 Å². The van der Waals surface area contributed by atoms with E-state index in [2.05, 4.69) is 21.2 Å². The average molecular weight is 302 g/mol. The first kappa shape index (κ1) is 12.7. The largest absolute Gasteiger partial charge is 0.490 e. The van der Waals surface area contributed by atoms with Crippen LogP contribution in [0.1, 0.15) is 18.1 Å². The molecule has 1 aromatic rings. The van der Waals surface area contributed by atoms with E-state index in [-0.39, 0.29) is 0 Å². The van der Waals surface area contributed by atoms with Gasteiger partial charge in [-0.05, 0) is 19.2 Å². The molecule has 0 radical (unpaired) electrons. The molecule has 1 aromatic carbocycles. The topological polar surface area (TPSA) is 50.7 Å². The minimum absolute atomic E-state index is 0.471. The summed E-state index contributed by atoms with van der Waals surface area (Å²) in [7, 11) is 1.80. The fourth-order valence-corrected chi connectivity index (χ4v) is 2.42. The molecule has 1 aliphatic heterocycles. The molecule has 0 aromatic heterocycles. The zero-order valence-electron chi connectivity index (χ0n) is 9.70. The normalized spacial score (nSPS) is 16.4. The highest BCUT2D eigenvalue weighted by molar-refractivity contribution is 9.10. The first-order valence-electron chi connectivity index (χ1n) is 5.64. The predicted octanol–water partition coefficient (Wildman–Crippen LogP) is 1.86. The van der Waals surface area contributed by atoms with Crippen molar-refractivity contribution in [2.45, 2.75) is 12.5 Å². The smallest absolute Gasteiger partial charge is 0.168 e. The van der Waals surface area contributed by atoms with Crippen LogP contribution in [0.2, 0.25) is 0 Å². The summed E-state index contributed by atoms with van der Waals surface area (Å²) in [6.45, 7) is 1.73. The Bertz CT molecular complexity index is 398. The van der Waals surface area contributed by atoms with E-state index in [1.807, 2.05) is 12.1 Å². The van der Waals surface area contributed by atoms with Gasteiger partial charge in [-0.1, -0.05) is 15.9 Å². The molecule has 2 N–H and O–H groups in total. The van der Waals surface area contributed by atoms with E-state index >= 15 is 0 Å². The van der Waals surface area contributed by atoms with Gasteiger partial charge in [-0.3, -0.25) is 0 Å². The molecule has 2 rings (SSSR count). The van der Waals surface area contributed by atoms with E-state index in [4.69, 9.17) is 9.47 Å². The van der Waals surface area contributed by atoms with Crippen molar-refractivity contribution in [1.29, 1.82) is 0 Å². The predicted molar refractivity (Wildman–Crippen MR) is 68.6 cm³/mol. The maximum absolute atomic E-state index is 10.1. The van der Waals surface area contributed by atoms with Crippen molar-refractivity contribution in [1.82, 2.24) is 5.32 Å². The van der Waals surface area contributed by atoms with Crippen LogP contribution in [0, 0.1) is 0 Å². The standard InChI is InChI=1S/C12H16BrNO3/c1-14-7-9(15)11-8(13)3-4-10-12(11)17-6-2-5-16-10/h3-4,9,14-15H,2,5-7H2,1H3. The van der Waals surface area contributed by atoms with Gasteiger partial charge in [-0.25, -0.2) is 0 Å². The molecular weight excluding hydrogens is 286 g/mol. The first-order chi connectivity index (χ1) is 8.24. The lowest BCUT2D eigenvalue weighted by molar-refractivity contribution is 0.170. The van der Waals surface area contributed by atoms with Gasteiger partial charge in [-0.2, -0.15) is 0 Å². The Morgan fingerprint density at radius 2 is 2.18 bits per heavy atom. The van der Waals surface area contributed by atoms with Crippen molar-refractivity contribution < 1.29 is 14.6 Å². The Labute approximate surface area is 109 Å². The highest BCUT2D eigenvalue weighted by Crippen LogP contribution is 2.40. The van der Waals surface area contributed by atoms with E-state index in [1.54, 1.807) is 7.05 Å². The molecule has 5 heteroatoms. The van der Waals surface area contributed by atoms with Crippen LogP contribution in [-0.4, -0.2) is 31.9 Å². The first-order valence-corrected chi connectivity index (χ1v) is 6.44. The monoisotopic (exact) mass is 301 g/mol. The van der Waals surface area contributed by atoms with Crippen molar-refractivity contribution in [2.24, 2.45) is 0 Å². The SMILES string of the molecule is CNCC(O)c1c(Br)ccc2c1OCCCO2. The van der Waals surface area contributed by atoms with Crippen LogP contribution < -0.4 is 14.8 Å². The van der Waals surface area contributed by atoms with Gasteiger partial charge in [0.15, 0.2) is 11.5 Å². The van der Waals surface area contributed by atoms with Gasteiger partial charge in [0, 0.05) is 23.0 Å². The van der Waals surface area contributed by atoms with Crippen LogP contribution in [-0.2, 0) is 0 Å². The Kier molecular flexibility index (Phi) is 4.25. The summed E-state index contributed by atoms with van der Waals surface area (Å²) < 4.78 is 12.1. The Morgan fingerprint density at radius 3 is 2.94 bits per heavy atom. The van der Waals surface area contributed by atoms with Crippen molar-refractivity contribution in [3.8, 4) is 11.5 Å². The number of fused-ring (bicyclic) bond motifs is 1. The second kappa shape index (κ2) is 5.71.